The maximum Gasteiger partial charge on any atom is 0.318 e. The van der Waals surface area contributed by atoms with E-state index in [4.69, 9.17) is 4.74 Å². The Bertz CT molecular complexity index is 1010. The Kier molecular flexibility index (Phi) is 5.29. The van der Waals surface area contributed by atoms with Crippen molar-refractivity contribution in [3.63, 3.8) is 0 Å². The highest BCUT2D eigenvalue weighted by atomic mass is 19.1. The number of benzene rings is 2. The molecule has 1 heterocycles. The van der Waals surface area contributed by atoms with E-state index < -0.39 is 46.8 Å². The van der Waals surface area contributed by atoms with Crippen molar-refractivity contribution in [1.29, 1.82) is 10.5 Å². The zero-order chi connectivity index (χ0) is 21.2. The third kappa shape index (κ3) is 3.30. The second-order valence-corrected chi connectivity index (χ2v) is 6.62. The van der Waals surface area contributed by atoms with Crippen LogP contribution in [0.1, 0.15) is 23.1 Å². The lowest BCUT2D eigenvalue weighted by Crippen LogP contribution is -2.56. The van der Waals surface area contributed by atoms with Gasteiger partial charge < -0.3 is 10.1 Å². The number of piperidine rings is 1. The number of rotatable bonds is 3. The molecule has 3 unspecified atom stereocenters. The third-order valence-corrected chi connectivity index (χ3v) is 5.11. The predicted molar refractivity (Wildman–Crippen MR) is 95.6 cm³/mol. The molecular weight excluding hydrogens is 380 g/mol. The molecule has 1 saturated heterocycles. The molecule has 2 aromatic carbocycles. The maximum absolute atomic E-state index is 13.5. The Balaban J connectivity index is 2.26. The molecule has 0 aliphatic carbocycles. The van der Waals surface area contributed by atoms with Gasteiger partial charge in [0.2, 0.25) is 5.91 Å². The van der Waals surface area contributed by atoms with E-state index in [-0.39, 0.29) is 5.56 Å². The van der Waals surface area contributed by atoms with Crippen LogP contribution in [-0.4, -0.2) is 19.0 Å². The molecule has 0 spiro atoms. The number of carbonyl (C=O) groups is 2. The molecule has 2 aromatic rings. The minimum atomic E-state index is -1.94. The van der Waals surface area contributed by atoms with Gasteiger partial charge in [0.05, 0.1) is 25.3 Å². The lowest BCUT2D eigenvalue weighted by atomic mass is 9.60. The number of hydrogen-bond acceptors (Lipinski definition) is 5. The summed E-state index contributed by atoms with van der Waals surface area (Å²) in [6.45, 7) is 0. The third-order valence-electron chi connectivity index (χ3n) is 5.11. The van der Waals surface area contributed by atoms with Crippen LogP contribution in [0.3, 0.4) is 0 Å². The summed E-state index contributed by atoms with van der Waals surface area (Å²) < 4.78 is 31.6. The SMILES string of the molecule is COC(=O)C1C(=O)NC(c2ccc(F)cc2)C(C#N)(C#N)C1c1ccc(F)cc1. The summed E-state index contributed by atoms with van der Waals surface area (Å²) in [5, 5.41) is 22.6. The second kappa shape index (κ2) is 7.69. The molecule has 146 valence electrons. The summed E-state index contributed by atoms with van der Waals surface area (Å²) in [5.41, 5.74) is -1.37. The van der Waals surface area contributed by atoms with Crippen molar-refractivity contribution < 1.29 is 23.1 Å². The number of ether oxygens (including phenoxy) is 1. The zero-order valence-electron chi connectivity index (χ0n) is 15.2. The van der Waals surface area contributed by atoms with Crippen molar-refractivity contribution in [3.05, 3.63) is 71.3 Å². The van der Waals surface area contributed by atoms with Crippen LogP contribution in [0.5, 0.6) is 0 Å². The molecule has 0 bridgehead atoms. The highest BCUT2D eigenvalue weighted by Gasteiger charge is 2.59. The first-order valence-electron chi connectivity index (χ1n) is 8.59. The zero-order valence-corrected chi connectivity index (χ0v) is 15.2. The van der Waals surface area contributed by atoms with Gasteiger partial charge in [-0.3, -0.25) is 9.59 Å². The quantitative estimate of drug-likeness (QED) is 0.636. The van der Waals surface area contributed by atoms with Crippen LogP contribution in [0.25, 0.3) is 0 Å². The molecule has 1 aliphatic heterocycles. The highest BCUT2D eigenvalue weighted by molar-refractivity contribution is 6.00. The highest BCUT2D eigenvalue weighted by Crippen LogP contribution is 2.52. The number of carbonyl (C=O) groups excluding carboxylic acids is 2. The summed E-state index contributed by atoms with van der Waals surface area (Å²) >= 11 is 0. The van der Waals surface area contributed by atoms with Crippen LogP contribution in [0.2, 0.25) is 0 Å². The molecule has 6 nitrogen and oxygen atoms in total. The Morgan fingerprint density at radius 3 is 1.93 bits per heavy atom. The summed E-state index contributed by atoms with van der Waals surface area (Å²) in [5.74, 6) is -5.50. The molecule has 8 heteroatoms. The number of nitriles is 2. The number of methoxy groups -OCH3 is 1. The summed E-state index contributed by atoms with van der Waals surface area (Å²) in [4.78, 5) is 25.2. The van der Waals surface area contributed by atoms with Gasteiger partial charge in [-0.2, -0.15) is 10.5 Å². The molecule has 0 radical (unpaired) electrons. The van der Waals surface area contributed by atoms with E-state index in [1.165, 1.54) is 24.3 Å². The molecule has 1 N–H and O–H groups in total. The Morgan fingerprint density at radius 1 is 1.00 bits per heavy atom. The molecule has 1 aliphatic rings. The first-order valence-corrected chi connectivity index (χ1v) is 8.59. The Hall–Kier alpha value is -3.78. The summed E-state index contributed by atoms with van der Waals surface area (Å²) in [6, 6.07) is 12.6. The fourth-order valence-electron chi connectivity index (χ4n) is 3.73. The first-order chi connectivity index (χ1) is 13.9. The maximum atomic E-state index is 13.5. The average molecular weight is 395 g/mol. The first kappa shape index (κ1) is 20.0. The molecule has 1 fully saturated rings. The summed E-state index contributed by atoms with van der Waals surface area (Å²) in [6.07, 6.45) is 0. The fourth-order valence-corrected chi connectivity index (χ4v) is 3.73. The van der Waals surface area contributed by atoms with Crippen LogP contribution in [0.4, 0.5) is 8.78 Å². The second-order valence-electron chi connectivity index (χ2n) is 6.62. The van der Waals surface area contributed by atoms with Crippen molar-refractivity contribution in [2.75, 3.05) is 7.11 Å². The van der Waals surface area contributed by atoms with Crippen molar-refractivity contribution in [1.82, 2.24) is 5.32 Å². The van der Waals surface area contributed by atoms with Gasteiger partial charge in [0, 0.05) is 5.92 Å². The van der Waals surface area contributed by atoms with Crippen LogP contribution >= 0.6 is 0 Å². The van der Waals surface area contributed by atoms with E-state index in [9.17, 15) is 28.9 Å². The van der Waals surface area contributed by atoms with Gasteiger partial charge in [-0.15, -0.1) is 0 Å². The molecular formula is C21H15F2N3O3. The van der Waals surface area contributed by atoms with Crippen molar-refractivity contribution in [2.45, 2.75) is 12.0 Å². The standard InChI is InChI=1S/C21H15F2N3O3/c1-29-20(28)16-17(12-2-6-14(22)7-3-12)21(10-24,11-25)18(26-19(16)27)13-4-8-15(23)9-5-13/h2-9,16-18H,1H3,(H,26,27). The Morgan fingerprint density at radius 2 is 1.48 bits per heavy atom. The molecule has 29 heavy (non-hydrogen) atoms. The topological polar surface area (TPSA) is 103 Å². The van der Waals surface area contributed by atoms with E-state index >= 15 is 0 Å². The monoisotopic (exact) mass is 395 g/mol. The molecule has 3 rings (SSSR count). The fraction of sp³-hybridized carbons (Fsp3) is 0.238. The lowest BCUT2D eigenvalue weighted by Gasteiger charge is -2.44. The molecule has 0 aromatic heterocycles. The van der Waals surface area contributed by atoms with Gasteiger partial charge in [-0.25, -0.2) is 8.78 Å². The number of halogens is 2. The van der Waals surface area contributed by atoms with Crippen LogP contribution in [-0.2, 0) is 14.3 Å². The minimum Gasteiger partial charge on any atom is -0.468 e. The van der Waals surface area contributed by atoms with Crippen molar-refractivity contribution >= 4 is 11.9 Å². The van der Waals surface area contributed by atoms with E-state index in [0.29, 0.717) is 5.56 Å². The Labute approximate surface area is 165 Å². The van der Waals surface area contributed by atoms with E-state index in [0.717, 1.165) is 31.4 Å². The number of esters is 1. The normalized spacial score (nSPS) is 22.7. The van der Waals surface area contributed by atoms with E-state index in [1.807, 2.05) is 12.1 Å². The number of nitrogens with zero attached hydrogens (tertiary/aromatic N) is 2. The van der Waals surface area contributed by atoms with Crippen LogP contribution < -0.4 is 5.32 Å². The molecule has 1 amide bonds. The summed E-state index contributed by atoms with van der Waals surface area (Å²) in [7, 11) is 1.09. The van der Waals surface area contributed by atoms with Gasteiger partial charge in [0.15, 0.2) is 5.41 Å². The smallest absolute Gasteiger partial charge is 0.318 e. The number of amides is 1. The largest absolute Gasteiger partial charge is 0.468 e. The average Bonchev–Trinajstić information content (AvgIpc) is 2.74. The van der Waals surface area contributed by atoms with Crippen LogP contribution in [0.15, 0.2) is 48.5 Å². The van der Waals surface area contributed by atoms with Crippen molar-refractivity contribution in [2.24, 2.45) is 11.3 Å². The number of nitrogens with one attached hydrogen (secondary N) is 1. The van der Waals surface area contributed by atoms with E-state index in [1.54, 1.807) is 0 Å². The van der Waals surface area contributed by atoms with Gasteiger partial charge in [-0.05, 0) is 35.4 Å². The molecule has 3 atom stereocenters. The van der Waals surface area contributed by atoms with Gasteiger partial charge in [0.25, 0.3) is 0 Å². The van der Waals surface area contributed by atoms with Crippen LogP contribution in [0, 0.1) is 45.6 Å². The van der Waals surface area contributed by atoms with Gasteiger partial charge in [0.1, 0.15) is 17.6 Å². The van der Waals surface area contributed by atoms with E-state index in [2.05, 4.69) is 5.32 Å². The lowest BCUT2D eigenvalue weighted by molar-refractivity contribution is -0.154. The van der Waals surface area contributed by atoms with Gasteiger partial charge >= 0.3 is 5.97 Å². The molecule has 0 saturated carbocycles. The predicted octanol–water partition coefficient (Wildman–Crippen LogP) is 2.74. The van der Waals surface area contributed by atoms with Gasteiger partial charge in [-0.1, -0.05) is 24.3 Å². The minimum absolute atomic E-state index is 0.256. The number of hydrogen-bond donors (Lipinski definition) is 1. The van der Waals surface area contributed by atoms with Crippen molar-refractivity contribution in [3.8, 4) is 12.1 Å².